The van der Waals surface area contributed by atoms with Crippen LogP contribution in [0.25, 0.3) is 0 Å². The molecular weight excluding hydrogens is 382 g/mol. The first-order chi connectivity index (χ1) is 13.9. The van der Waals surface area contributed by atoms with E-state index in [1.807, 2.05) is 34.7 Å². The van der Waals surface area contributed by atoms with Crippen LogP contribution in [0, 0.1) is 5.41 Å². The molecule has 7 heteroatoms. The highest BCUT2D eigenvalue weighted by Crippen LogP contribution is 2.24. The van der Waals surface area contributed by atoms with Crippen LogP contribution >= 0.6 is 0 Å². The molecule has 1 aliphatic heterocycles. The highest BCUT2D eigenvalue weighted by Gasteiger charge is 2.38. The van der Waals surface area contributed by atoms with E-state index in [0.29, 0.717) is 18.6 Å². The smallest absolute Gasteiger partial charge is 0.333 e. The van der Waals surface area contributed by atoms with Crippen LogP contribution in [0.15, 0.2) is 11.6 Å². The summed E-state index contributed by atoms with van der Waals surface area (Å²) in [7, 11) is 3.68. The van der Waals surface area contributed by atoms with Gasteiger partial charge in [0.05, 0.1) is 18.7 Å². The molecule has 7 nitrogen and oxygen atoms in total. The van der Waals surface area contributed by atoms with Crippen LogP contribution in [0.2, 0.25) is 0 Å². The number of likely N-dealkylation sites (tertiary alicyclic amines) is 1. The molecule has 0 aromatic rings. The van der Waals surface area contributed by atoms with Crippen molar-refractivity contribution in [3.05, 3.63) is 11.6 Å². The Labute approximate surface area is 182 Å². The lowest BCUT2D eigenvalue weighted by Gasteiger charge is -2.38. The van der Waals surface area contributed by atoms with Crippen LogP contribution in [0.4, 0.5) is 0 Å². The van der Waals surface area contributed by atoms with E-state index in [2.05, 4.69) is 10.2 Å². The van der Waals surface area contributed by atoms with Crippen molar-refractivity contribution in [1.29, 1.82) is 0 Å². The lowest BCUT2D eigenvalue weighted by Crippen LogP contribution is -2.59. The average Bonchev–Trinajstić information content (AvgIpc) is 2.68. The minimum Gasteiger partial charge on any atom is -0.463 e. The number of likely N-dealkylation sites (N-methyl/N-ethyl adjacent to an activating group) is 2. The number of esters is 1. The molecule has 0 radical (unpaired) electrons. The molecule has 2 amide bonds. The number of carbonyl (C=O) groups is 3. The zero-order chi connectivity index (χ0) is 23.1. The van der Waals surface area contributed by atoms with Crippen molar-refractivity contribution in [3.8, 4) is 0 Å². The largest absolute Gasteiger partial charge is 0.463 e. The minimum atomic E-state index is -0.657. The van der Waals surface area contributed by atoms with Gasteiger partial charge in [-0.05, 0) is 52.1 Å². The van der Waals surface area contributed by atoms with Gasteiger partial charge in [-0.3, -0.25) is 14.5 Å². The topological polar surface area (TPSA) is 79.0 Å². The molecule has 2 unspecified atom stereocenters. The number of hydrogen-bond acceptors (Lipinski definition) is 5. The number of nitrogens with zero attached hydrogens (tertiary/aromatic N) is 2. The SMILES string of the molecule is CCOC(=O)/C(C)=C/[C@H](CC)N(C)C(=O)C(NC(=O)C1CCCCN1C)C(C)(C)C. The fraction of sp³-hybridized carbons (Fsp3) is 0.783. The maximum Gasteiger partial charge on any atom is 0.333 e. The van der Waals surface area contributed by atoms with Gasteiger partial charge in [0.2, 0.25) is 11.8 Å². The highest BCUT2D eigenvalue weighted by atomic mass is 16.5. The summed E-state index contributed by atoms with van der Waals surface area (Å²) in [6.07, 6.45) is 5.34. The Hall–Kier alpha value is -1.89. The third-order valence-electron chi connectivity index (χ3n) is 5.78. The molecule has 172 valence electrons. The zero-order valence-corrected chi connectivity index (χ0v) is 20.1. The molecule has 1 heterocycles. The van der Waals surface area contributed by atoms with Gasteiger partial charge in [-0.25, -0.2) is 4.79 Å². The monoisotopic (exact) mass is 423 g/mol. The first-order valence-electron chi connectivity index (χ1n) is 11.1. The lowest BCUT2D eigenvalue weighted by molar-refractivity contribution is -0.141. The van der Waals surface area contributed by atoms with Gasteiger partial charge in [0.1, 0.15) is 6.04 Å². The van der Waals surface area contributed by atoms with Crippen LogP contribution in [0.3, 0.4) is 0 Å². The fourth-order valence-electron chi connectivity index (χ4n) is 3.77. The summed E-state index contributed by atoms with van der Waals surface area (Å²) in [5.74, 6) is -0.628. The van der Waals surface area contributed by atoms with Crippen LogP contribution in [0.5, 0.6) is 0 Å². The zero-order valence-electron chi connectivity index (χ0n) is 20.1. The molecule has 0 aliphatic carbocycles. The Balaban J connectivity index is 3.02. The average molecular weight is 424 g/mol. The standard InChI is InChI=1S/C23H41N3O4/c1-9-17(15-16(3)22(29)30-10-2)26(8)21(28)19(23(4,5)6)24-20(27)18-13-11-12-14-25(18)7/h15,17-19H,9-14H2,1-8H3,(H,24,27)/b16-15+/t17-,18?,19?/m0/s1. The van der Waals surface area contributed by atoms with E-state index >= 15 is 0 Å². The van der Waals surface area contributed by atoms with E-state index in [1.165, 1.54) is 0 Å². The quantitative estimate of drug-likeness (QED) is 0.480. The summed E-state index contributed by atoms with van der Waals surface area (Å²) in [6.45, 7) is 12.5. The van der Waals surface area contributed by atoms with E-state index in [1.54, 1.807) is 31.9 Å². The molecular formula is C23H41N3O4. The van der Waals surface area contributed by atoms with Gasteiger partial charge in [-0.1, -0.05) is 40.2 Å². The van der Waals surface area contributed by atoms with E-state index < -0.39 is 11.5 Å². The van der Waals surface area contributed by atoms with Crippen LogP contribution in [-0.2, 0) is 19.1 Å². The van der Waals surface area contributed by atoms with Crippen molar-refractivity contribution in [3.63, 3.8) is 0 Å². The molecule has 30 heavy (non-hydrogen) atoms. The molecule has 1 saturated heterocycles. The maximum absolute atomic E-state index is 13.4. The van der Waals surface area contributed by atoms with E-state index in [0.717, 1.165) is 25.8 Å². The molecule has 1 N–H and O–H groups in total. The number of amides is 2. The molecule has 0 spiro atoms. The maximum atomic E-state index is 13.4. The van der Waals surface area contributed by atoms with Crippen LogP contribution in [-0.4, -0.2) is 73.0 Å². The van der Waals surface area contributed by atoms with Crippen molar-refractivity contribution in [2.24, 2.45) is 5.41 Å². The van der Waals surface area contributed by atoms with Crippen molar-refractivity contribution >= 4 is 17.8 Å². The molecule has 1 rings (SSSR count). The third-order valence-corrected chi connectivity index (χ3v) is 5.78. The molecule has 3 atom stereocenters. The van der Waals surface area contributed by atoms with Gasteiger partial charge in [0, 0.05) is 12.6 Å². The van der Waals surface area contributed by atoms with Gasteiger partial charge < -0.3 is 15.0 Å². The molecule has 0 aromatic carbocycles. The van der Waals surface area contributed by atoms with Crippen molar-refractivity contribution < 1.29 is 19.1 Å². The van der Waals surface area contributed by atoms with Crippen LogP contribution in [0.1, 0.15) is 67.2 Å². The molecule has 0 aromatic heterocycles. The number of rotatable bonds is 8. The van der Waals surface area contributed by atoms with E-state index in [-0.39, 0.29) is 29.9 Å². The Morgan fingerprint density at radius 3 is 2.37 bits per heavy atom. The second-order valence-electron chi connectivity index (χ2n) is 9.29. The lowest BCUT2D eigenvalue weighted by atomic mass is 9.85. The van der Waals surface area contributed by atoms with E-state index in [4.69, 9.17) is 4.74 Å². The summed E-state index contributed by atoms with van der Waals surface area (Å²) in [4.78, 5) is 42.1. The highest BCUT2D eigenvalue weighted by molar-refractivity contribution is 5.91. The first kappa shape index (κ1) is 26.1. The molecule has 1 fully saturated rings. The molecule has 0 saturated carbocycles. The van der Waals surface area contributed by atoms with Gasteiger partial charge in [-0.15, -0.1) is 0 Å². The van der Waals surface area contributed by atoms with Gasteiger partial charge in [-0.2, -0.15) is 0 Å². The summed E-state index contributed by atoms with van der Waals surface area (Å²) in [5, 5.41) is 3.03. The normalized spacial score (nSPS) is 20.3. The van der Waals surface area contributed by atoms with Crippen LogP contribution < -0.4 is 5.32 Å². The van der Waals surface area contributed by atoms with Crippen molar-refractivity contribution in [1.82, 2.24) is 15.1 Å². The summed E-state index contributed by atoms with van der Waals surface area (Å²) < 4.78 is 5.05. The summed E-state index contributed by atoms with van der Waals surface area (Å²) in [5.41, 5.74) is 0.0235. The van der Waals surface area contributed by atoms with Gasteiger partial charge >= 0.3 is 5.97 Å². The Bertz CT molecular complexity index is 639. The Morgan fingerprint density at radius 1 is 1.23 bits per heavy atom. The Morgan fingerprint density at radius 2 is 1.87 bits per heavy atom. The second-order valence-corrected chi connectivity index (χ2v) is 9.29. The predicted molar refractivity (Wildman–Crippen MR) is 119 cm³/mol. The number of carbonyl (C=O) groups excluding carboxylic acids is 3. The fourth-order valence-corrected chi connectivity index (χ4v) is 3.77. The number of ether oxygens (including phenoxy) is 1. The first-order valence-corrected chi connectivity index (χ1v) is 11.1. The molecule has 0 bridgehead atoms. The Kier molecular flexibility index (Phi) is 10.0. The van der Waals surface area contributed by atoms with E-state index in [9.17, 15) is 14.4 Å². The number of nitrogens with one attached hydrogen (secondary N) is 1. The second kappa shape index (κ2) is 11.5. The summed E-state index contributed by atoms with van der Waals surface area (Å²) in [6, 6.07) is -1.12. The number of hydrogen-bond donors (Lipinski definition) is 1. The van der Waals surface area contributed by atoms with Gasteiger partial charge in [0.15, 0.2) is 0 Å². The third kappa shape index (κ3) is 7.11. The number of piperidine rings is 1. The summed E-state index contributed by atoms with van der Waals surface area (Å²) >= 11 is 0. The van der Waals surface area contributed by atoms with Crippen molar-refractivity contribution in [2.75, 3.05) is 27.2 Å². The molecule has 1 aliphatic rings. The van der Waals surface area contributed by atoms with Crippen molar-refractivity contribution in [2.45, 2.75) is 85.4 Å². The predicted octanol–water partition coefficient (Wildman–Crippen LogP) is 2.75. The van der Waals surface area contributed by atoms with Gasteiger partial charge in [0.25, 0.3) is 0 Å². The minimum absolute atomic E-state index is 0.0924.